The summed E-state index contributed by atoms with van der Waals surface area (Å²) in [7, 11) is 0. The van der Waals surface area contributed by atoms with Crippen LogP contribution in [0.15, 0.2) is 30.3 Å². The Morgan fingerprint density at radius 3 is 2.38 bits per heavy atom. The fraction of sp³-hybridized carbons (Fsp3) is 0.600. The van der Waals surface area contributed by atoms with Crippen molar-refractivity contribution >= 4 is 0 Å². The summed E-state index contributed by atoms with van der Waals surface area (Å²) in [6.45, 7) is 2.18. The lowest BCUT2D eigenvalue weighted by molar-refractivity contribution is 0.0811. The van der Waals surface area contributed by atoms with Gasteiger partial charge < -0.3 is 5.11 Å². The summed E-state index contributed by atoms with van der Waals surface area (Å²) in [6, 6.07) is 10.5. The van der Waals surface area contributed by atoms with Crippen molar-refractivity contribution in [3.8, 4) is 0 Å². The van der Waals surface area contributed by atoms with Crippen molar-refractivity contribution in [1.29, 1.82) is 0 Å². The van der Waals surface area contributed by atoms with Crippen LogP contribution in [0.25, 0.3) is 0 Å². The SMILES string of the molecule is CCC(c1ccccc1)C(O)C1CCCC1. The fourth-order valence-corrected chi connectivity index (χ4v) is 3.00. The molecule has 1 saturated carbocycles. The van der Waals surface area contributed by atoms with Gasteiger partial charge in [0, 0.05) is 5.92 Å². The molecule has 1 aromatic rings. The van der Waals surface area contributed by atoms with E-state index in [2.05, 4.69) is 31.2 Å². The summed E-state index contributed by atoms with van der Waals surface area (Å²) in [6.07, 6.45) is 5.91. The molecule has 2 atom stereocenters. The molecule has 1 heteroatoms. The van der Waals surface area contributed by atoms with Gasteiger partial charge in [0.05, 0.1) is 6.10 Å². The van der Waals surface area contributed by atoms with E-state index < -0.39 is 0 Å². The Bertz CT molecular complexity index is 300. The van der Waals surface area contributed by atoms with Crippen LogP contribution in [0.5, 0.6) is 0 Å². The van der Waals surface area contributed by atoms with Crippen LogP contribution in [-0.2, 0) is 0 Å². The molecule has 1 aromatic carbocycles. The largest absolute Gasteiger partial charge is 0.392 e. The number of aliphatic hydroxyl groups is 1. The first-order valence-electron chi connectivity index (χ1n) is 6.56. The highest BCUT2D eigenvalue weighted by Crippen LogP contribution is 2.35. The van der Waals surface area contributed by atoms with E-state index in [0.717, 1.165) is 6.42 Å². The second-order valence-corrected chi connectivity index (χ2v) is 4.96. The molecule has 0 bridgehead atoms. The highest BCUT2D eigenvalue weighted by molar-refractivity contribution is 5.20. The van der Waals surface area contributed by atoms with Gasteiger partial charge in [-0.2, -0.15) is 0 Å². The van der Waals surface area contributed by atoms with E-state index in [-0.39, 0.29) is 6.10 Å². The van der Waals surface area contributed by atoms with Gasteiger partial charge in [-0.15, -0.1) is 0 Å². The topological polar surface area (TPSA) is 20.2 Å². The molecule has 1 aliphatic rings. The average molecular weight is 218 g/mol. The van der Waals surface area contributed by atoms with Gasteiger partial charge in [0.25, 0.3) is 0 Å². The Morgan fingerprint density at radius 2 is 1.81 bits per heavy atom. The second kappa shape index (κ2) is 5.49. The molecule has 0 aromatic heterocycles. The van der Waals surface area contributed by atoms with E-state index in [1.54, 1.807) is 0 Å². The van der Waals surface area contributed by atoms with Crippen molar-refractivity contribution < 1.29 is 5.11 Å². The zero-order chi connectivity index (χ0) is 11.4. The molecule has 1 fully saturated rings. The van der Waals surface area contributed by atoms with E-state index in [1.807, 2.05) is 6.07 Å². The lowest BCUT2D eigenvalue weighted by atomic mass is 9.83. The first kappa shape index (κ1) is 11.7. The zero-order valence-corrected chi connectivity index (χ0v) is 10.1. The molecule has 2 unspecified atom stereocenters. The van der Waals surface area contributed by atoms with E-state index in [9.17, 15) is 5.11 Å². The van der Waals surface area contributed by atoms with Crippen molar-refractivity contribution in [3.05, 3.63) is 35.9 Å². The molecule has 0 radical (unpaired) electrons. The Labute approximate surface area is 98.5 Å². The molecule has 16 heavy (non-hydrogen) atoms. The van der Waals surface area contributed by atoms with Gasteiger partial charge in [-0.3, -0.25) is 0 Å². The highest BCUT2D eigenvalue weighted by Gasteiger charge is 2.29. The van der Waals surface area contributed by atoms with Gasteiger partial charge in [0.15, 0.2) is 0 Å². The quantitative estimate of drug-likeness (QED) is 0.816. The van der Waals surface area contributed by atoms with Gasteiger partial charge >= 0.3 is 0 Å². The fourth-order valence-electron chi connectivity index (χ4n) is 3.00. The van der Waals surface area contributed by atoms with Gasteiger partial charge in [0.2, 0.25) is 0 Å². The number of hydrogen-bond acceptors (Lipinski definition) is 1. The van der Waals surface area contributed by atoms with Crippen LogP contribution < -0.4 is 0 Å². The molecule has 2 rings (SSSR count). The van der Waals surface area contributed by atoms with Crippen LogP contribution in [0.3, 0.4) is 0 Å². The van der Waals surface area contributed by atoms with Crippen molar-refractivity contribution in [3.63, 3.8) is 0 Å². The molecular formula is C15H22O. The molecule has 0 spiro atoms. The summed E-state index contributed by atoms with van der Waals surface area (Å²) >= 11 is 0. The summed E-state index contributed by atoms with van der Waals surface area (Å²) < 4.78 is 0. The predicted molar refractivity (Wildman–Crippen MR) is 67.4 cm³/mol. The molecule has 1 N–H and O–H groups in total. The maximum absolute atomic E-state index is 10.5. The van der Waals surface area contributed by atoms with Gasteiger partial charge in [-0.25, -0.2) is 0 Å². The lowest BCUT2D eigenvalue weighted by Gasteiger charge is -2.27. The highest BCUT2D eigenvalue weighted by atomic mass is 16.3. The lowest BCUT2D eigenvalue weighted by Crippen LogP contribution is -2.25. The van der Waals surface area contributed by atoms with Gasteiger partial charge in [0.1, 0.15) is 0 Å². The van der Waals surface area contributed by atoms with E-state index >= 15 is 0 Å². The third-order valence-corrected chi connectivity index (χ3v) is 3.96. The molecule has 0 amide bonds. The Hall–Kier alpha value is -0.820. The monoisotopic (exact) mass is 218 g/mol. The molecular weight excluding hydrogens is 196 g/mol. The number of rotatable bonds is 4. The molecule has 0 aliphatic heterocycles. The smallest absolute Gasteiger partial charge is 0.0636 e. The molecule has 1 nitrogen and oxygen atoms in total. The van der Waals surface area contributed by atoms with E-state index in [4.69, 9.17) is 0 Å². The van der Waals surface area contributed by atoms with Crippen LogP contribution >= 0.6 is 0 Å². The van der Waals surface area contributed by atoms with E-state index in [1.165, 1.54) is 31.2 Å². The zero-order valence-electron chi connectivity index (χ0n) is 10.1. The van der Waals surface area contributed by atoms with Crippen molar-refractivity contribution in [2.24, 2.45) is 5.92 Å². The van der Waals surface area contributed by atoms with Gasteiger partial charge in [-0.1, -0.05) is 50.1 Å². The predicted octanol–water partition coefficient (Wildman–Crippen LogP) is 3.73. The van der Waals surface area contributed by atoms with Crippen molar-refractivity contribution in [2.75, 3.05) is 0 Å². The third kappa shape index (κ3) is 2.46. The average Bonchev–Trinajstić information content (AvgIpc) is 2.85. The minimum atomic E-state index is -0.144. The van der Waals surface area contributed by atoms with Crippen LogP contribution in [0.1, 0.15) is 50.5 Å². The second-order valence-electron chi connectivity index (χ2n) is 4.96. The minimum Gasteiger partial charge on any atom is -0.392 e. The molecule has 0 heterocycles. The molecule has 1 aliphatic carbocycles. The molecule has 0 saturated heterocycles. The van der Waals surface area contributed by atoms with Crippen molar-refractivity contribution in [2.45, 2.75) is 51.0 Å². The maximum Gasteiger partial charge on any atom is 0.0636 e. The van der Waals surface area contributed by atoms with Crippen molar-refractivity contribution in [1.82, 2.24) is 0 Å². The number of hydrogen-bond donors (Lipinski definition) is 1. The van der Waals surface area contributed by atoms with E-state index in [0.29, 0.717) is 11.8 Å². The van der Waals surface area contributed by atoms with Crippen LogP contribution in [-0.4, -0.2) is 11.2 Å². The normalized spacial score (nSPS) is 20.9. The van der Waals surface area contributed by atoms with Crippen LogP contribution in [0, 0.1) is 5.92 Å². The maximum atomic E-state index is 10.5. The van der Waals surface area contributed by atoms with Crippen LogP contribution in [0.4, 0.5) is 0 Å². The Morgan fingerprint density at radius 1 is 1.19 bits per heavy atom. The Kier molecular flexibility index (Phi) is 4.00. The number of aliphatic hydroxyl groups excluding tert-OH is 1. The third-order valence-electron chi connectivity index (χ3n) is 3.96. The first-order valence-corrected chi connectivity index (χ1v) is 6.56. The first-order chi connectivity index (χ1) is 7.83. The minimum absolute atomic E-state index is 0.144. The summed E-state index contributed by atoms with van der Waals surface area (Å²) in [5.41, 5.74) is 1.30. The summed E-state index contributed by atoms with van der Waals surface area (Å²) in [4.78, 5) is 0. The standard InChI is InChI=1S/C15H22O/c1-2-14(12-8-4-3-5-9-12)15(16)13-10-6-7-11-13/h3-5,8-9,13-16H,2,6-7,10-11H2,1H3. The van der Waals surface area contributed by atoms with Crippen LogP contribution in [0.2, 0.25) is 0 Å². The van der Waals surface area contributed by atoms with Gasteiger partial charge in [-0.05, 0) is 30.7 Å². The number of benzene rings is 1. The molecule has 88 valence electrons. The summed E-state index contributed by atoms with van der Waals surface area (Å²) in [5, 5.41) is 10.5. The Balaban J connectivity index is 2.09. The summed E-state index contributed by atoms with van der Waals surface area (Å²) in [5.74, 6) is 0.856.